The molecule has 1 aromatic carbocycles. The lowest BCUT2D eigenvalue weighted by Gasteiger charge is -2.08. The summed E-state index contributed by atoms with van der Waals surface area (Å²) < 4.78 is 0. The van der Waals surface area contributed by atoms with Crippen molar-refractivity contribution in [3.8, 4) is 0 Å². The minimum atomic E-state index is -0.520. The SMILES string of the molecule is CC(C)c1cccc2c1C(=O)C(=O)N2. The van der Waals surface area contributed by atoms with E-state index < -0.39 is 11.7 Å². The quantitative estimate of drug-likeness (QED) is 0.686. The summed E-state index contributed by atoms with van der Waals surface area (Å²) in [4.78, 5) is 22.7. The lowest BCUT2D eigenvalue weighted by molar-refractivity contribution is -0.112. The molecule has 0 atom stereocenters. The summed E-state index contributed by atoms with van der Waals surface area (Å²) in [6.45, 7) is 4.01. The molecule has 0 bridgehead atoms. The van der Waals surface area contributed by atoms with E-state index in [2.05, 4.69) is 5.32 Å². The van der Waals surface area contributed by atoms with Crippen molar-refractivity contribution in [2.24, 2.45) is 0 Å². The van der Waals surface area contributed by atoms with Gasteiger partial charge >= 0.3 is 0 Å². The second kappa shape index (κ2) is 2.94. The first-order valence-corrected chi connectivity index (χ1v) is 4.60. The van der Waals surface area contributed by atoms with Gasteiger partial charge in [-0.25, -0.2) is 0 Å². The van der Waals surface area contributed by atoms with Crippen LogP contribution in [0.15, 0.2) is 18.2 Å². The molecule has 0 aromatic heterocycles. The third-order valence-electron chi connectivity index (χ3n) is 2.40. The van der Waals surface area contributed by atoms with Gasteiger partial charge in [0.25, 0.3) is 11.7 Å². The van der Waals surface area contributed by atoms with Gasteiger partial charge < -0.3 is 5.32 Å². The van der Waals surface area contributed by atoms with E-state index in [-0.39, 0.29) is 5.92 Å². The van der Waals surface area contributed by atoms with Crippen LogP contribution in [-0.4, -0.2) is 11.7 Å². The molecule has 0 unspecified atom stereocenters. The van der Waals surface area contributed by atoms with E-state index in [9.17, 15) is 9.59 Å². The number of amides is 1. The number of Topliss-reactive ketones (excluding diaryl/α,β-unsaturated/α-hetero) is 1. The van der Waals surface area contributed by atoms with Gasteiger partial charge in [-0.3, -0.25) is 9.59 Å². The molecule has 1 aromatic rings. The molecule has 1 aliphatic rings. The standard InChI is InChI=1S/C11H11NO2/c1-6(2)7-4-3-5-8-9(7)10(13)11(14)12-8/h3-6H,1-2H3,(H,12,13,14). The molecule has 0 saturated carbocycles. The first-order valence-electron chi connectivity index (χ1n) is 4.60. The Bertz CT molecular complexity index is 421. The summed E-state index contributed by atoms with van der Waals surface area (Å²) in [5.74, 6) is -0.681. The zero-order chi connectivity index (χ0) is 10.3. The number of hydrogen-bond donors (Lipinski definition) is 1. The molecule has 0 aliphatic carbocycles. The summed E-state index contributed by atoms with van der Waals surface area (Å²) in [5.41, 5.74) is 2.13. The number of benzene rings is 1. The maximum Gasteiger partial charge on any atom is 0.296 e. The number of fused-ring (bicyclic) bond motifs is 1. The fraction of sp³-hybridized carbons (Fsp3) is 0.273. The van der Waals surface area contributed by atoms with E-state index in [4.69, 9.17) is 0 Å². The van der Waals surface area contributed by atoms with Crippen molar-refractivity contribution >= 4 is 17.4 Å². The monoisotopic (exact) mass is 189 g/mol. The summed E-state index contributed by atoms with van der Waals surface area (Å²) in [6.07, 6.45) is 0. The van der Waals surface area contributed by atoms with Crippen molar-refractivity contribution in [3.63, 3.8) is 0 Å². The summed E-state index contributed by atoms with van der Waals surface area (Å²) in [6, 6.07) is 5.50. The molecule has 72 valence electrons. The van der Waals surface area contributed by atoms with Gasteiger partial charge in [-0.05, 0) is 17.5 Å². The topological polar surface area (TPSA) is 46.2 Å². The molecule has 14 heavy (non-hydrogen) atoms. The average Bonchev–Trinajstić information content (AvgIpc) is 2.43. The molecular formula is C11H11NO2. The third-order valence-corrected chi connectivity index (χ3v) is 2.40. The highest BCUT2D eigenvalue weighted by atomic mass is 16.2. The molecule has 3 heteroatoms. The normalized spacial score (nSPS) is 14.5. The number of ketones is 1. The Kier molecular flexibility index (Phi) is 1.88. The summed E-state index contributed by atoms with van der Waals surface area (Å²) in [5, 5.41) is 2.55. The lowest BCUT2D eigenvalue weighted by atomic mass is 9.95. The van der Waals surface area contributed by atoms with Crippen LogP contribution in [0.3, 0.4) is 0 Å². The van der Waals surface area contributed by atoms with E-state index in [0.717, 1.165) is 5.56 Å². The smallest absolute Gasteiger partial charge is 0.296 e. The van der Waals surface area contributed by atoms with Crippen molar-refractivity contribution in [1.29, 1.82) is 0 Å². The van der Waals surface area contributed by atoms with Crippen LogP contribution in [0.25, 0.3) is 0 Å². The van der Waals surface area contributed by atoms with E-state index in [0.29, 0.717) is 11.3 Å². The molecular weight excluding hydrogens is 178 g/mol. The Hall–Kier alpha value is -1.64. The number of anilines is 1. The fourth-order valence-electron chi connectivity index (χ4n) is 1.70. The van der Waals surface area contributed by atoms with Gasteiger partial charge in [0, 0.05) is 0 Å². The first-order chi connectivity index (χ1) is 6.61. The molecule has 1 aliphatic heterocycles. The Morgan fingerprint density at radius 3 is 2.57 bits per heavy atom. The highest BCUT2D eigenvalue weighted by Crippen LogP contribution is 2.30. The molecule has 0 fully saturated rings. The zero-order valence-electron chi connectivity index (χ0n) is 8.13. The van der Waals surface area contributed by atoms with Crippen molar-refractivity contribution < 1.29 is 9.59 Å². The Morgan fingerprint density at radius 1 is 1.21 bits per heavy atom. The predicted octanol–water partition coefficient (Wildman–Crippen LogP) is 1.94. The zero-order valence-corrected chi connectivity index (χ0v) is 8.13. The van der Waals surface area contributed by atoms with Crippen molar-refractivity contribution in [1.82, 2.24) is 0 Å². The molecule has 3 nitrogen and oxygen atoms in total. The van der Waals surface area contributed by atoms with E-state index >= 15 is 0 Å². The maximum absolute atomic E-state index is 11.5. The fourth-order valence-corrected chi connectivity index (χ4v) is 1.70. The van der Waals surface area contributed by atoms with Crippen LogP contribution in [0.2, 0.25) is 0 Å². The number of rotatable bonds is 1. The van der Waals surface area contributed by atoms with Crippen molar-refractivity contribution in [3.05, 3.63) is 29.3 Å². The number of nitrogens with one attached hydrogen (secondary N) is 1. The highest BCUT2D eigenvalue weighted by Gasteiger charge is 2.30. The minimum absolute atomic E-state index is 0.251. The molecule has 1 N–H and O–H groups in total. The van der Waals surface area contributed by atoms with E-state index in [1.165, 1.54) is 0 Å². The van der Waals surface area contributed by atoms with Gasteiger partial charge in [0.1, 0.15) is 0 Å². The van der Waals surface area contributed by atoms with Crippen LogP contribution in [0.4, 0.5) is 5.69 Å². The largest absolute Gasteiger partial charge is 0.318 e. The van der Waals surface area contributed by atoms with Crippen LogP contribution in [0, 0.1) is 0 Å². The van der Waals surface area contributed by atoms with Gasteiger partial charge in [-0.1, -0.05) is 26.0 Å². The van der Waals surface area contributed by atoms with Crippen LogP contribution in [0.5, 0.6) is 0 Å². The Balaban J connectivity index is 2.64. The van der Waals surface area contributed by atoms with Crippen molar-refractivity contribution in [2.45, 2.75) is 19.8 Å². The van der Waals surface area contributed by atoms with Crippen LogP contribution >= 0.6 is 0 Å². The van der Waals surface area contributed by atoms with Gasteiger partial charge in [0.05, 0.1) is 11.3 Å². The first kappa shape index (κ1) is 8.94. The second-order valence-corrected chi connectivity index (χ2v) is 3.71. The van der Waals surface area contributed by atoms with Crippen LogP contribution in [-0.2, 0) is 4.79 Å². The van der Waals surface area contributed by atoms with Crippen LogP contribution < -0.4 is 5.32 Å². The molecule has 0 spiro atoms. The van der Waals surface area contributed by atoms with Crippen LogP contribution in [0.1, 0.15) is 35.7 Å². The van der Waals surface area contributed by atoms with Gasteiger partial charge in [0.2, 0.25) is 0 Å². The number of carbonyl (C=O) groups excluding carboxylic acids is 2. The molecule has 1 heterocycles. The molecule has 1 amide bonds. The predicted molar refractivity (Wildman–Crippen MR) is 53.5 cm³/mol. The average molecular weight is 189 g/mol. The third kappa shape index (κ3) is 1.13. The Labute approximate surface area is 82.1 Å². The number of carbonyl (C=O) groups is 2. The van der Waals surface area contributed by atoms with Gasteiger partial charge in [-0.2, -0.15) is 0 Å². The maximum atomic E-state index is 11.5. The van der Waals surface area contributed by atoms with E-state index in [1.54, 1.807) is 6.07 Å². The second-order valence-electron chi connectivity index (χ2n) is 3.71. The molecule has 0 saturated heterocycles. The Morgan fingerprint density at radius 2 is 1.93 bits per heavy atom. The van der Waals surface area contributed by atoms with Gasteiger partial charge in [0.15, 0.2) is 0 Å². The minimum Gasteiger partial charge on any atom is -0.318 e. The highest BCUT2D eigenvalue weighted by molar-refractivity contribution is 6.52. The molecule has 2 rings (SSSR count). The van der Waals surface area contributed by atoms with Crippen molar-refractivity contribution in [2.75, 3.05) is 5.32 Å². The lowest BCUT2D eigenvalue weighted by Crippen LogP contribution is -2.13. The number of hydrogen-bond acceptors (Lipinski definition) is 2. The summed E-state index contributed by atoms with van der Waals surface area (Å²) in [7, 11) is 0. The molecule has 0 radical (unpaired) electrons. The summed E-state index contributed by atoms with van der Waals surface area (Å²) >= 11 is 0. The van der Waals surface area contributed by atoms with Gasteiger partial charge in [-0.15, -0.1) is 0 Å². The van der Waals surface area contributed by atoms with E-state index in [1.807, 2.05) is 26.0 Å².